The zero-order chi connectivity index (χ0) is 17.8. The first-order valence-electron chi connectivity index (χ1n) is 8.48. The molecule has 2 amide bonds. The van der Waals surface area contributed by atoms with Crippen molar-refractivity contribution < 1.29 is 9.59 Å². The number of nitrogen functional groups attached to an aromatic ring is 1. The van der Waals surface area contributed by atoms with E-state index in [1.165, 1.54) is 11.8 Å². The molecule has 1 aliphatic rings. The highest BCUT2D eigenvalue weighted by molar-refractivity contribution is 6.03. The van der Waals surface area contributed by atoms with Gasteiger partial charge >= 0.3 is 0 Å². The first-order valence-corrected chi connectivity index (χ1v) is 8.48. The molecule has 0 radical (unpaired) electrons. The number of rotatable bonds is 5. The molecule has 1 saturated heterocycles. The first-order chi connectivity index (χ1) is 12.1. The lowest BCUT2D eigenvalue weighted by Gasteiger charge is -2.17. The van der Waals surface area contributed by atoms with Gasteiger partial charge in [-0.3, -0.25) is 9.59 Å². The highest BCUT2D eigenvalue weighted by Crippen LogP contribution is 2.26. The average molecular weight is 375 g/mol. The SMILES string of the molecule is CCCc1ccc(N2CC(C(=O)Nc3ccc(N)nc3)CC2=O)cc1.Cl. The molecule has 138 valence electrons. The summed E-state index contributed by atoms with van der Waals surface area (Å²) in [6.07, 6.45) is 3.83. The molecule has 1 unspecified atom stereocenters. The van der Waals surface area contributed by atoms with Crippen molar-refractivity contribution in [2.24, 2.45) is 5.92 Å². The van der Waals surface area contributed by atoms with Crippen LogP contribution in [0.25, 0.3) is 0 Å². The van der Waals surface area contributed by atoms with Gasteiger partial charge in [0.05, 0.1) is 17.8 Å². The number of pyridine rings is 1. The number of halogens is 1. The summed E-state index contributed by atoms with van der Waals surface area (Å²) in [5.41, 5.74) is 8.21. The van der Waals surface area contributed by atoms with Crippen LogP contribution in [0.1, 0.15) is 25.3 Å². The van der Waals surface area contributed by atoms with Crippen LogP contribution in [0.4, 0.5) is 17.2 Å². The van der Waals surface area contributed by atoms with E-state index in [2.05, 4.69) is 17.2 Å². The van der Waals surface area contributed by atoms with Crippen LogP contribution in [-0.4, -0.2) is 23.3 Å². The number of anilines is 3. The van der Waals surface area contributed by atoms with Crippen LogP contribution < -0.4 is 16.0 Å². The lowest BCUT2D eigenvalue weighted by Crippen LogP contribution is -2.28. The van der Waals surface area contributed by atoms with Gasteiger partial charge in [-0.25, -0.2) is 4.98 Å². The van der Waals surface area contributed by atoms with Crippen molar-refractivity contribution in [2.45, 2.75) is 26.2 Å². The Labute approximate surface area is 159 Å². The molecule has 3 rings (SSSR count). The second kappa shape index (κ2) is 8.67. The fourth-order valence-electron chi connectivity index (χ4n) is 2.99. The average Bonchev–Trinajstić information content (AvgIpc) is 3.00. The lowest BCUT2D eigenvalue weighted by atomic mass is 10.1. The topological polar surface area (TPSA) is 88.3 Å². The molecule has 0 aliphatic carbocycles. The van der Waals surface area contributed by atoms with Crippen molar-refractivity contribution in [2.75, 3.05) is 22.5 Å². The molecule has 0 spiro atoms. The van der Waals surface area contributed by atoms with E-state index < -0.39 is 0 Å². The van der Waals surface area contributed by atoms with Crippen molar-refractivity contribution in [3.63, 3.8) is 0 Å². The Morgan fingerprint density at radius 2 is 2.00 bits per heavy atom. The molecule has 1 aromatic heterocycles. The van der Waals surface area contributed by atoms with Gasteiger partial charge in [0.25, 0.3) is 0 Å². The number of aromatic nitrogens is 1. The highest BCUT2D eigenvalue weighted by atomic mass is 35.5. The van der Waals surface area contributed by atoms with Crippen LogP contribution in [0.2, 0.25) is 0 Å². The van der Waals surface area contributed by atoms with Gasteiger partial charge < -0.3 is 16.0 Å². The summed E-state index contributed by atoms with van der Waals surface area (Å²) in [7, 11) is 0. The first kappa shape index (κ1) is 19.7. The van der Waals surface area contributed by atoms with E-state index in [-0.39, 0.29) is 36.6 Å². The van der Waals surface area contributed by atoms with Crippen LogP contribution in [0, 0.1) is 5.92 Å². The summed E-state index contributed by atoms with van der Waals surface area (Å²) < 4.78 is 0. The van der Waals surface area contributed by atoms with Crippen LogP contribution in [0.15, 0.2) is 42.6 Å². The maximum atomic E-state index is 12.4. The van der Waals surface area contributed by atoms with Gasteiger partial charge in [-0.2, -0.15) is 0 Å². The molecular weight excluding hydrogens is 352 g/mol. The van der Waals surface area contributed by atoms with Gasteiger partial charge in [0.1, 0.15) is 5.82 Å². The van der Waals surface area contributed by atoms with Crippen LogP contribution in [0.3, 0.4) is 0 Å². The number of benzene rings is 1. The van der Waals surface area contributed by atoms with Crippen LogP contribution >= 0.6 is 12.4 Å². The molecule has 1 atom stereocenters. The smallest absolute Gasteiger partial charge is 0.229 e. The van der Waals surface area contributed by atoms with Crippen molar-refractivity contribution in [1.29, 1.82) is 0 Å². The number of nitrogens with zero attached hydrogens (tertiary/aromatic N) is 2. The predicted octanol–water partition coefficient (Wildman–Crippen LogP) is 3.03. The molecule has 3 N–H and O–H groups in total. The van der Waals surface area contributed by atoms with E-state index in [0.717, 1.165) is 18.5 Å². The molecule has 1 aromatic carbocycles. The molecule has 0 bridgehead atoms. The Morgan fingerprint density at radius 3 is 2.62 bits per heavy atom. The van der Waals surface area contributed by atoms with Gasteiger partial charge in [-0.05, 0) is 36.2 Å². The van der Waals surface area contributed by atoms with E-state index in [1.807, 2.05) is 24.3 Å². The summed E-state index contributed by atoms with van der Waals surface area (Å²) in [6, 6.07) is 11.3. The third-order valence-electron chi connectivity index (χ3n) is 4.34. The Hall–Kier alpha value is -2.60. The summed E-state index contributed by atoms with van der Waals surface area (Å²) in [6.45, 7) is 2.53. The molecule has 0 saturated carbocycles. The minimum atomic E-state index is -0.375. The Balaban J connectivity index is 0.00000243. The van der Waals surface area contributed by atoms with Crippen molar-refractivity contribution in [3.05, 3.63) is 48.2 Å². The number of nitrogens with one attached hydrogen (secondary N) is 1. The lowest BCUT2D eigenvalue weighted by molar-refractivity contribution is -0.122. The summed E-state index contributed by atoms with van der Waals surface area (Å²) >= 11 is 0. The maximum absolute atomic E-state index is 12.4. The minimum Gasteiger partial charge on any atom is -0.384 e. The van der Waals surface area contributed by atoms with Gasteiger partial charge in [0.15, 0.2) is 0 Å². The molecule has 1 aliphatic heterocycles. The fraction of sp³-hybridized carbons (Fsp3) is 0.316. The van der Waals surface area contributed by atoms with E-state index in [9.17, 15) is 9.59 Å². The van der Waals surface area contributed by atoms with E-state index >= 15 is 0 Å². The zero-order valence-electron chi connectivity index (χ0n) is 14.6. The Kier molecular flexibility index (Phi) is 6.58. The summed E-state index contributed by atoms with van der Waals surface area (Å²) in [5.74, 6) is -0.184. The summed E-state index contributed by atoms with van der Waals surface area (Å²) in [4.78, 5) is 30.4. The van der Waals surface area contributed by atoms with Gasteiger partial charge in [0.2, 0.25) is 11.8 Å². The molecule has 7 heteroatoms. The van der Waals surface area contributed by atoms with Crippen molar-refractivity contribution in [3.8, 4) is 0 Å². The number of hydrogen-bond acceptors (Lipinski definition) is 4. The van der Waals surface area contributed by atoms with E-state index in [4.69, 9.17) is 5.73 Å². The largest absolute Gasteiger partial charge is 0.384 e. The molecular formula is C19H23ClN4O2. The maximum Gasteiger partial charge on any atom is 0.229 e. The van der Waals surface area contributed by atoms with Gasteiger partial charge in [-0.15, -0.1) is 12.4 Å². The van der Waals surface area contributed by atoms with Crippen LogP contribution in [0.5, 0.6) is 0 Å². The molecule has 2 heterocycles. The highest BCUT2D eigenvalue weighted by Gasteiger charge is 2.35. The quantitative estimate of drug-likeness (QED) is 0.841. The normalized spacial score (nSPS) is 16.3. The van der Waals surface area contributed by atoms with E-state index in [1.54, 1.807) is 17.0 Å². The third kappa shape index (κ3) is 4.52. The number of carbonyl (C=O) groups is 2. The minimum absolute atomic E-state index is 0. The Morgan fingerprint density at radius 1 is 1.27 bits per heavy atom. The third-order valence-corrected chi connectivity index (χ3v) is 4.34. The number of carbonyl (C=O) groups excluding carboxylic acids is 2. The Bertz CT molecular complexity index is 762. The molecule has 6 nitrogen and oxygen atoms in total. The molecule has 1 fully saturated rings. The van der Waals surface area contributed by atoms with Gasteiger partial charge in [-0.1, -0.05) is 25.5 Å². The van der Waals surface area contributed by atoms with Crippen LogP contribution in [-0.2, 0) is 16.0 Å². The number of nitrogens with two attached hydrogens (primary N) is 1. The summed E-state index contributed by atoms with van der Waals surface area (Å²) in [5, 5.41) is 2.79. The monoisotopic (exact) mass is 374 g/mol. The zero-order valence-corrected chi connectivity index (χ0v) is 15.5. The number of aryl methyl sites for hydroxylation is 1. The second-order valence-corrected chi connectivity index (χ2v) is 6.28. The standard InChI is InChI=1S/C19H22N4O2.ClH/c1-2-3-13-4-7-16(8-5-13)23-12-14(10-18(23)24)19(25)22-15-6-9-17(20)21-11-15;/h4-9,11,14H,2-3,10,12H2,1H3,(H2,20,21)(H,22,25);1H. The van der Waals surface area contributed by atoms with Crippen molar-refractivity contribution >= 4 is 41.4 Å². The van der Waals surface area contributed by atoms with E-state index in [0.29, 0.717) is 18.1 Å². The predicted molar refractivity (Wildman–Crippen MR) is 105 cm³/mol. The van der Waals surface area contributed by atoms with Crippen molar-refractivity contribution in [1.82, 2.24) is 4.98 Å². The molecule has 2 aromatic rings. The number of hydrogen-bond donors (Lipinski definition) is 2. The van der Waals surface area contributed by atoms with Gasteiger partial charge in [0, 0.05) is 18.7 Å². The number of amides is 2. The molecule has 26 heavy (non-hydrogen) atoms. The second-order valence-electron chi connectivity index (χ2n) is 6.28. The fourth-order valence-corrected chi connectivity index (χ4v) is 2.99.